The highest BCUT2D eigenvalue weighted by Gasteiger charge is 2.49. The quantitative estimate of drug-likeness (QED) is 0.268. The Morgan fingerprint density at radius 3 is 2.72 bits per heavy atom. The van der Waals surface area contributed by atoms with Crippen molar-refractivity contribution in [3.05, 3.63) is 99.4 Å². The fraction of sp³-hybridized carbons (Fsp3) is 0.233. The number of amidine groups is 1. The number of nitriles is 1. The lowest BCUT2D eigenvalue weighted by molar-refractivity contribution is -0.902. The van der Waals surface area contributed by atoms with E-state index < -0.39 is 0 Å². The van der Waals surface area contributed by atoms with Crippen LogP contribution in [-0.4, -0.2) is 42.0 Å². The molecule has 0 saturated carbocycles. The summed E-state index contributed by atoms with van der Waals surface area (Å²) in [5.41, 5.74) is 4.34. The summed E-state index contributed by atoms with van der Waals surface area (Å²) in [6, 6.07) is 26.3. The van der Waals surface area contributed by atoms with Gasteiger partial charge in [-0.2, -0.15) is 5.26 Å². The van der Waals surface area contributed by atoms with Crippen molar-refractivity contribution in [3.8, 4) is 11.8 Å². The summed E-state index contributed by atoms with van der Waals surface area (Å²) >= 11 is 3.10. The van der Waals surface area contributed by atoms with Gasteiger partial charge in [0.1, 0.15) is 23.2 Å². The monoisotopic (exact) mass is 556 g/mol. The number of amides is 1. The number of carbonyl (C=O) groups is 1. The average molecular weight is 557 g/mol. The topological polar surface area (TPSA) is 86.5 Å². The molecule has 0 radical (unpaired) electrons. The number of nitrogens with zero attached hydrogens (tertiary/aromatic N) is 3. The molecule has 2 saturated heterocycles. The number of anilines is 1. The van der Waals surface area contributed by atoms with Crippen LogP contribution >= 0.6 is 23.5 Å². The Balaban J connectivity index is 1.55. The zero-order valence-electron chi connectivity index (χ0n) is 22.1. The molecule has 2 atom stereocenters. The van der Waals surface area contributed by atoms with Crippen LogP contribution in [0.5, 0.6) is 5.75 Å². The molecule has 3 aromatic rings. The van der Waals surface area contributed by atoms with E-state index in [1.165, 1.54) is 22.9 Å². The van der Waals surface area contributed by atoms with E-state index in [1.54, 1.807) is 31.0 Å². The van der Waals surface area contributed by atoms with Crippen molar-refractivity contribution >= 4 is 46.0 Å². The van der Waals surface area contributed by atoms with Gasteiger partial charge in [0.05, 0.1) is 42.9 Å². The third kappa shape index (κ3) is 5.55. The van der Waals surface area contributed by atoms with E-state index in [2.05, 4.69) is 60.1 Å². The molecule has 2 heterocycles. The number of methoxy groups -OCH3 is 1. The molecule has 3 aromatic carbocycles. The maximum absolute atomic E-state index is 13.4. The molecule has 1 amide bonds. The Labute approximate surface area is 237 Å². The lowest BCUT2D eigenvalue weighted by Crippen LogP contribution is -2.42. The number of rotatable bonds is 7. The maximum atomic E-state index is 13.4. The SMILES string of the molecule is CCNc1ccc(C#N)cc1N=C1NC(=O)C(=C2SCC(c3cccc(OC)c3)[N+]2(C)Cc2ccccc2)S1. The van der Waals surface area contributed by atoms with Crippen LogP contribution < -0.4 is 15.4 Å². The van der Waals surface area contributed by atoms with Gasteiger partial charge in [-0.15, -0.1) is 0 Å². The minimum atomic E-state index is -0.147. The van der Waals surface area contributed by atoms with Crippen molar-refractivity contribution in [2.45, 2.75) is 19.5 Å². The van der Waals surface area contributed by atoms with Gasteiger partial charge in [-0.25, -0.2) is 4.99 Å². The first-order chi connectivity index (χ1) is 18.9. The van der Waals surface area contributed by atoms with Crippen molar-refractivity contribution in [2.24, 2.45) is 4.99 Å². The van der Waals surface area contributed by atoms with Crippen LogP contribution in [0.4, 0.5) is 11.4 Å². The largest absolute Gasteiger partial charge is 0.497 e. The van der Waals surface area contributed by atoms with Crippen molar-refractivity contribution in [1.29, 1.82) is 5.26 Å². The van der Waals surface area contributed by atoms with Gasteiger partial charge in [-0.3, -0.25) is 9.28 Å². The number of nitrogens with one attached hydrogen (secondary N) is 2. The molecule has 2 unspecified atom stereocenters. The molecule has 7 nitrogen and oxygen atoms in total. The van der Waals surface area contributed by atoms with E-state index >= 15 is 0 Å². The number of aliphatic imine (C=N–C) groups is 1. The zero-order valence-corrected chi connectivity index (χ0v) is 23.7. The zero-order chi connectivity index (χ0) is 27.4. The molecular weight excluding hydrogens is 526 g/mol. The summed E-state index contributed by atoms with van der Waals surface area (Å²) in [6.45, 7) is 3.46. The lowest BCUT2D eigenvalue weighted by Gasteiger charge is -2.36. The fourth-order valence-corrected chi connectivity index (χ4v) is 7.75. The smallest absolute Gasteiger partial charge is 0.270 e. The van der Waals surface area contributed by atoms with Crippen LogP contribution in [0, 0.1) is 11.3 Å². The third-order valence-corrected chi connectivity index (χ3v) is 9.37. The van der Waals surface area contributed by atoms with E-state index in [0.717, 1.165) is 35.3 Å². The number of carbonyl (C=O) groups excluding carboxylic acids is 1. The van der Waals surface area contributed by atoms with Gasteiger partial charge in [0.2, 0.25) is 0 Å². The lowest BCUT2D eigenvalue weighted by atomic mass is 10.0. The molecule has 198 valence electrons. The first-order valence-corrected chi connectivity index (χ1v) is 14.5. The number of quaternary nitrogens is 1. The fourth-order valence-electron chi connectivity index (χ4n) is 4.98. The Morgan fingerprint density at radius 1 is 1.15 bits per heavy atom. The van der Waals surface area contributed by atoms with Gasteiger partial charge >= 0.3 is 0 Å². The highest BCUT2D eigenvalue weighted by Crippen LogP contribution is 2.52. The Bertz CT molecular complexity index is 1500. The van der Waals surface area contributed by atoms with Gasteiger partial charge in [0.25, 0.3) is 5.91 Å². The van der Waals surface area contributed by atoms with Gasteiger partial charge in [-0.05, 0) is 49.0 Å². The predicted octanol–water partition coefficient (Wildman–Crippen LogP) is 6.15. The van der Waals surface area contributed by atoms with Crippen LogP contribution in [0.25, 0.3) is 0 Å². The first kappa shape index (κ1) is 26.9. The standard InChI is InChI=1S/C30H29N5O2S2/c1-4-32-24-14-13-21(17-31)15-25(24)33-30-34-28(36)27(39-30)29-35(2,18-20-9-6-5-7-10-20)26(19-38-29)22-11-8-12-23(16-22)37-3/h5-16,26,32H,4,18-19H2,1-3H3/p+1. The summed E-state index contributed by atoms with van der Waals surface area (Å²) in [5.74, 6) is 1.51. The molecule has 39 heavy (non-hydrogen) atoms. The molecule has 2 aliphatic rings. The van der Waals surface area contributed by atoms with E-state index in [0.29, 0.717) is 25.8 Å². The van der Waals surface area contributed by atoms with Crippen molar-refractivity contribution < 1.29 is 14.0 Å². The van der Waals surface area contributed by atoms with Gasteiger partial charge < -0.3 is 15.4 Å². The molecule has 0 bridgehead atoms. The van der Waals surface area contributed by atoms with Gasteiger partial charge in [0, 0.05) is 17.7 Å². The summed E-state index contributed by atoms with van der Waals surface area (Å²) in [6.07, 6.45) is 0. The highest BCUT2D eigenvalue weighted by molar-refractivity contribution is 8.19. The molecule has 2 N–H and O–H groups in total. The summed E-state index contributed by atoms with van der Waals surface area (Å²) < 4.78 is 6.09. The van der Waals surface area contributed by atoms with E-state index in [4.69, 9.17) is 9.73 Å². The van der Waals surface area contributed by atoms with Crippen molar-refractivity contribution in [2.75, 3.05) is 31.8 Å². The average Bonchev–Trinajstić information content (AvgIpc) is 3.48. The van der Waals surface area contributed by atoms with E-state index in [9.17, 15) is 10.1 Å². The molecule has 2 fully saturated rings. The van der Waals surface area contributed by atoms with Crippen LogP contribution in [0.15, 0.2) is 87.7 Å². The predicted molar refractivity (Wildman–Crippen MR) is 160 cm³/mol. The second-order valence-corrected chi connectivity index (χ2v) is 11.5. The second kappa shape index (κ2) is 11.6. The van der Waals surface area contributed by atoms with E-state index in [-0.39, 0.29) is 11.9 Å². The number of hydrogen-bond donors (Lipinski definition) is 2. The minimum Gasteiger partial charge on any atom is -0.497 e. The molecule has 9 heteroatoms. The van der Waals surface area contributed by atoms with Gasteiger partial charge in [0.15, 0.2) is 10.2 Å². The van der Waals surface area contributed by atoms with Crippen LogP contribution in [0.2, 0.25) is 0 Å². The maximum Gasteiger partial charge on any atom is 0.270 e. The summed E-state index contributed by atoms with van der Waals surface area (Å²) in [7, 11) is 3.89. The number of thioether (sulfide) groups is 2. The molecule has 0 spiro atoms. The normalized spacial score (nSPS) is 23.5. The number of benzene rings is 3. The van der Waals surface area contributed by atoms with Crippen LogP contribution in [0.1, 0.15) is 29.7 Å². The van der Waals surface area contributed by atoms with E-state index in [1.807, 2.05) is 31.2 Å². The van der Waals surface area contributed by atoms with Crippen LogP contribution in [0.3, 0.4) is 0 Å². The molecule has 2 aliphatic heterocycles. The highest BCUT2D eigenvalue weighted by atomic mass is 32.2. The van der Waals surface area contributed by atoms with Crippen molar-refractivity contribution in [3.63, 3.8) is 0 Å². The van der Waals surface area contributed by atoms with Gasteiger partial charge in [-0.1, -0.05) is 54.2 Å². The van der Waals surface area contributed by atoms with Crippen LogP contribution in [-0.2, 0) is 11.3 Å². The Kier molecular flexibility index (Phi) is 7.98. The second-order valence-electron chi connectivity index (χ2n) is 9.50. The van der Waals surface area contributed by atoms with Crippen molar-refractivity contribution in [1.82, 2.24) is 5.32 Å². The minimum absolute atomic E-state index is 0.134. The Morgan fingerprint density at radius 2 is 1.97 bits per heavy atom. The number of ether oxygens (including phenoxy) is 1. The molecule has 0 aliphatic carbocycles. The number of hydrogen-bond acceptors (Lipinski definition) is 7. The summed E-state index contributed by atoms with van der Waals surface area (Å²) in [5, 5.41) is 17.2. The summed E-state index contributed by atoms with van der Waals surface area (Å²) in [4.78, 5) is 18.8. The first-order valence-electron chi connectivity index (χ1n) is 12.7. The molecule has 5 rings (SSSR count). The third-order valence-electron chi connectivity index (χ3n) is 6.90. The Hall–Kier alpha value is -3.71. The molecular formula is C30H30N5O2S2+. The molecule has 0 aromatic heterocycles.